The molecule has 1 fully saturated rings. The SMILES string of the molecule is O=C(O)c1ccc(OCCC2CCCC2)c(Cl)c1. The van der Waals surface area contributed by atoms with E-state index in [0.717, 1.165) is 12.3 Å². The van der Waals surface area contributed by atoms with Gasteiger partial charge in [-0.2, -0.15) is 0 Å². The second-order valence-corrected chi connectivity index (χ2v) is 5.15. The molecule has 18 heavy (non-hydrogen) atoms. The summed E-state index contributed by atoms with van der Waals surface area (Å²) in [6.45, 7) is 0.650. The standard InChI is InChI=1S/C14H17ClO3/c15-12-9-11(14(16)17)5-6-13(12)18-8-7-10-3-1-2-4-10/h5-6,9-10H,1-4,7-8H2,(H,16,17). The van der Waals surface area contributed by atoms with Crippen LogP contribution in [0.3, 0.4) is 0 Å². The van der Waals surface area contributed by atoms with Crippen molar-refractivity contribution in [2.24, 2.45) is 5.92 Å². The Morgan fingerprint density at radius 1 is 1.39 bits per heavy atom. The van der Waals surface area contributed by atoms with Crippen LogP contribution in [-0.2, 0) is 0 Å². The van der Waals surface area contributed by atoms with Gasteiger partial charge in [-0.25, -0.2) is 4.79 Å². The van der Waals surface area contributed by atoms with Gasteiger partial charge >= 0.3 is 5.97 Å². The Balaban J connectivity index is 1.87. The molecule has 1 aromatic rings. The van der Waals surface area contributed by atoms with E-state index in [2.05, 4.69) is 0 Å². The molecule has 1 aromatic carbocycles. The van der Waals surface area contributed by atoms with Crippen LogP contribution >= 0.6 is 11.6 Å². The van der Waals surface area contributed by atoms with Gasteiger partial charge in [-0.15, -0.1) is 0 Å². The molecule has 1 saturated carbocycles. The van der Waals surface area contributed by atoms with E-state index in [0.29, 0.717) is 17.4 Å². The van der Waals surface area contributed by atoms with Gasteiger partial charge in [0.15, 0.2) is 0 Å². The van der Waals surface area contributed by atoms with Crippen molar-refractivity contribution in [3.63, 3.8) is 0 Å². The fourth-order valence-corrected chi connectivity index (χ4v) is 2.62. The van der Waals surface area contributed by atoms with E-state index in [-0.39, 0.29) is 5.56 Å². The summed E-state index contributed by atoms with van der Waals surface area (Å²) in [5, 5.41) is 9.18. The molecule has 1 N–H and O–H groups in total. The minimum atomic E-state index is -0.977. The summed E-state index contributed by atoms with van der Waals surface area (Å²) < 4.78 is 5.61. The third-order valence-electron chi connectivity index (χ3n) is 3.44. The second-order valence-electron chi connectivity index (χ2n) is 4.74. The van der Waals surface area contributed by atoms with Crippen molar-refractivity contribution in [3.8, 4) is 5.75 Å². The highest BCUT2D eigenvalue weighted by atomic mass is 35.5. The number of hydrogen-bond acceptors (Lipinski definition) is 2. The van der Waals surface area contributed by atoms with Gasteiger partial charge in [0.05, 0.1) is 17.2 Å². The number of carbonyl (C=O) groups is 1. The van der Waals surface area contributed by atoms with Crippen molar-refractivity contribution in [1.29, 1.82) is 0 Å². The summed E-state index contributed by atoms with van der Waals surface area (Å²) in [7, 11) is 0. The number of ether oxygens (including phenoxy) is 1. The van der Waals surface area contributed by atoms with Crippen LogP contribution in [0.4, 0.5) is 0 Å². The lowest BCUT2D eigenvalue weighted by Gasteiger charge is -2.11. The molecule has 0 radical (unpaired) electrons. The fraction of sp³-hybridized carbons (Fsp3) is 0.500. The minimum Gasteiger partial charge on any atom is -0.492 e. The first-order valence-corrected chi connectivity index (χ1v) is 6.70. The van der Waals surface area contributed by atoms with Crippen molar-refractivity contribution in [3.05, 3.63) is 28.8 Å². The average Bonchev–Trinajstić information content (AvgIpc) is 2.84. The van der Waals surface area contributed by atoms with Crippen LogP contribution in [0.1, 0.15) is 42.5 Å². The number of carboxylic acid groups (broad SMARTS) is 1. The Hall–Kier alpha value is -1.22. The molecule has 0 heterocycles. The molecule has 98 valence electrons. The van der Waals surface area contributed by atoms with E-state index in [9.17, 15) is 4.79 Å². The van der Waals surface area contributed by atoms with E-state index in [4.69, 9.17) is 21.4 Å². The highest BCUT2D eigenvalue weighted by Gasteiger charge is 2.15. The van der Waals surface area contributed by atoms with Crippen LogP contribution < -0.4 is 4.74 Å². The van der Waals surface area contributed by atoms with Gasteiger partial charge in [0, 0.05) is 0 Å². The normalized spacial score (nSPS) is 15.8. The molecule has 2 rings (SSSR count). The number of rotatable bonds is 5. The highest BCUT2D eigenvalue weighted by Crippen LogP contribution is 2.29. The first-order valence-electron chi connectivity index (χ1n) is 6.32. The molecule has 0 aromatic heterocycles. The summed E-state index contributed by atoms with van der Waals surface area (Å²) >= 11 is 5.98. The van der Waals surface area contributed by atoms with Crippen LogP contribution in [0.2, 0.25) is 5.02 Å². The third kappa shape index (κ3) is 3.39. The lowest BCUT2D eigenvalue weighted by atomic mass is 10.1. The predicted octanol–water partition coefficient (Wildman–Crippen LogP) is 4.00. The molecular formula is C14H17ClO3. The van der Waals surface area contributed by atoms with Gasteiger partial charge in [0.2, 0.25) is 0 Å². The zero-order valence-corrected chi connectivity index (χ0v) is 10.9. The van der Waals surface area contributed by atoms with Crippen LogP contribution in [0, 0.1) is 5.92 Å². The monoisotopic (exact) mass is 268 g/mol. The number of hydrogen-bond donors (Lipinski definition) is 1. The molecule has 0 unspecified atom stereocenters. The Morgan fingerprint density at radius 2 is 2.11 bits per heavy atom. The van der Waals surface area contributed by atoms with Crippen molar-refractivity contribution in [1.82, 2.24) is 0 Å². The van der Waals surface area contributed by atoms with Crippen LogP contribution in [-0.4, -0.2) is 17.7 Å². The molecule has 0 spiro atoms. The number of benzene rings is 1. The second kappa shape index (κ2) is 6.10. The fourth-order valence-electron chi connectivity index (χ4n) is 2.39. The summed E-state index contributed by atoms with van der Waals surface area (Å²) in [5.74, 6) is 0.371. The molecule has 0 atom stereocenters. The van der Waals surface area contributed by atoms with Crippen molar-refractivity contribution in [2.45, 2.75) is 32.1 Å². The Kier molecular flexibility index (Phi) is 4.48. The van der Waals surface area contributed by atoms with Gasteiger partial charge in [-0.3, -0.25) is 0 Å². The maximum Gasteiger partial charge on any atom is 0.335 e. The molecule has 0 bridgehead atoms. The lowest BCUT2D eigenvalue weighted by molar-refractivity contribution is 0.0697. The lowest BCUT2D eigenvalue weighted by Crippen LogP contribution is -2.04. The summed E-state index contributed by atoms with van der Waals surface area (Å²) in [5.41, 5.74) is 0.183. The van der Waals surface area contributed by atoms with Crippen molar-refractivity contribution >= 4 is 17.6 Å². The van der Waals surface area contributed by atoms with Crippen LogP contribution in [0.15, 0.2) is 18.2 Å². The number of carboxylic acids is 1. The van der Waals surface area contributed by atoms with Gasteiger partial charge in [-0.05, 0) is 30.5 Å². The number of aromatic carboxylic acids is 1. The Bertz CT molecular complexity index is 425. The van der Waals surface area contributed by atoms with Crippen LogP contribution in [0.5, 0.6) is 5.75 Å². The van der Waals surface area contributed by atoms with E-state index in [1.165, 1.54) is 37.8 Å². The van der Waals surface area contributed by atoms with E-state index < -0.39 is 5.97 Å². The van der Waals surface area contributed by atoms with Crippen LogP contribution in [0.25, 0.3) is 0 Å². The first kappa shape index (κ1) is 13.2. The Labute approximate surface area is 112 Å². The summed E-state index contributed by atoms with van der Waals surface area (Å²) in [4.78, 5) is 10.8. The minimum absolute atomic E-state index is 0.183. The quantitative estimate of drug-likeness (QED) is 0.878. The summed E-state index contributed by atoms with van der Waals surface area (Å²) in [6.07, 6.45) is 6.32. The smallest absolute Gasteiger partial charge is 0.335 e. The van der Waals surface area contributed by atoms with Crippen molar-refractivity contribution < 1.29 is 14.6 Å². The van der Waals surface area contributed by atoms with Gasteiger partial charge < -0.3 is 9.84 Å². The number of halogens is 1. The van der Waals surface area contributed by atoms with E-state index in [1.807, 2.05) is 0 Å². The van der Waals surface area contributed by atoms with E-state index in [1.54, 1.807) is 6.07 Å². The molecule has 1 aliphatic carbocycles. The maximum atomic E-state index is 10.8. The Morgan fingerprint density at radius 3 is 2.72 bits per heavy atom. The molecule has 3 nitrogen and oxygen atoms in total. The summed E-state index contributed by atoms with van der Waals surface area (Å²) in [6, 6.07) is 4.56. The molecule has 0 saturated heterocycles. The van der Waals surface area contributed by atoms with Gasteiger partial charge in [-0.1, -0.05) is 37.3 Å². The average molecular weight is 269 g/mol. The zero-order valence-electron chi connectivity index (χ0n) is 10.2. The molecule has 4 heteroatoms. The molecular weight excluding hydrogens is 252 g/mol. The largest absolute Gasteiger partial charge is 0.492 e. The first-order chi connectivity index (χ1) is 8.66. The topological polar surface area (TPSA) is 46.5 Å². The van der Waals surface area contributed by atoms with Gasteiger partial charge in [0.1, 0.15) is 5.75 Å². The maximum absolute atomic E-state index is 10.8. The predicted molar refractivity (Wildman–Crippen MR) is 70.5 cm³/mol. The third-order valence-corrected chi connectivity index (χ3v) is 3.73. The van der Waals surface area contributed by atoms with Crippen molar-refractivity contribution in [2.75, 3.05) is 6.61 Å². The molecule has 0 amide bonds. The zero-order chi connectivity index (χ0) is 13.0. The highest BCUT2D eigenvalue weighted by molar-refractivity contribution is 6.32. The van der Waals surface area contributed by atoms with Gasteiger partial charge in [0.25, 0.3) is 0 Å². The van der Waals surface area contributed by atoms with E-state index >= 15 is 0 Å². The molecule has 1 aliphatic rings. The molecule has 0 aliphatic heterocycles.